The highest BCUT2D eigenvalue weighted by Crippen LogP contribution is 2.34. The Hall–Kier alpha value is -0.130. The van der Waals surface area contributed by atoms with Crippen molar-refractivity contribution in [3.05, 3.63) is 0 Å². The molecular weight excluding hydrogens is 224 g/mol. The molecule has 1 saturated carbocycles. The van der Waals surface area contributed by atoms with Crippen LogP contribution in [0.25, 0.3) is 0 Å². The van der Waals surface area contributed by atoms with Crippen LogP contribution in [0.3, 0.4) is 0 Å². The van der Waals surface area contributed by atoms with Crippen LogP contribution in [0.1, 0.15) is 40.0 Å². The Bertz CT molecular complexity index is 301. The van der Waals surface area contributed by atoms with Crippen molar-refractivity contribution in [2.75, 3.05) is 12.3 Å². The van der Waals surface area contributed by atoms with Gasteiger partial charge >= 0.3 is 0 Å². The van der Waals surface area contributed by atoms with Crippen molar-refractivity contribution in [3.63, 3.8) is 0 Å². The molecular formula is C11H24N2O2S. The molecule has 96 valence electrons. The van der Waals surface area contributed by atoms with Gasteiger partial charge in [-0.25, -0.2) is 13.1 Å². The van der Waals surface area contributed by atoms with Gasteiger partial charge in [0.1, 0.15) is 0 Å². The highest BCUT2D eigenvalue weighted by atomic mass is 32.2. The van der Waals surface area contributed by atoms with Crippen LogP contribution in [-0.2, 0) is 10.0 Å². The largest absolute Gasteiger partial charge is 0.313 e. The second-order valence-corrected chi connectivity index (χ2v) is 6.81. The number of hydrogen-bond acceptors (Lipinski definition) is 3. The van der Waals surface area contributed by atoms with Gasteiger partial charge in [-0.05, 0) is 18.8 Å². The van der Waals surface area contributed by atoms with Gasteiger partial charge in [0.25, 0.3) is 0 Å². The van der Waals surface area contributed by atoms with Crippen LogP contribution >= 0.6 is 0 Å². The maximum absolute atomic E-state index is 11.7. The van der Waals surface area contributed by atoms with Gasteiger partial charge in [0, 0.05) is 18.6 Å². The van der Waals surface area contributed by atoms with Crippen LogP contribution in [0.4, 0.5) is 0 Å². The van der Waals surface area contributed by atoms with Crippen LogP contribution in [-0.4, -0.2) is 32.8 Å². The van der Waals surface area contributed by atoms with E-state index in [0.29, 0.717) is 18.5 Å². The molecule has 0 aliphatic heterocycles. The normalized spacial score (nSPS) is 25.0. The quantitative estimate of drug-likeness (QED) is 0.676. The predicted octanol–water partition coefficient (Wildman–Crippen LogP) is 1.09. The van der Waals surface area contributed by atoms with Gasteiger partial charge in [-0.15, -0.1) is 0 Å². The summed E-state index contributed by atoms with van der Waals surface area (Å²) in [5.74, 6) is 0.762. The minimum Gasteiger partial charge on any atom is -0.313 e. The Balaban J connectivity index is 2.20. The molecule has 1 fully saturated rings. The first-order valence-electron chi connectivity index (χ1n) is 6.18. The zero-order valence-electron chi connectivity index (χ0n) is 10.5. The second-order valence-electron chi connectivity index (χ2n) is 4.94. The summed E-state index contributed by atoms with van der Waals surface area (Å²) in [4.78, 5) is 0. The molecule has 2 N–H and O–H groups in total. The Morgan fingerprint density at radius 2 is 2.06 bits per heavy atom. The fourth-order valence-corrected chi connectivity index (χ4v) is 3.11. The smallest absolute Gasteiger partial charge is 0.213 e. The average molecular weight is 248 g/mol. The summed E-state index contributed by atoms with van der Waals surface area (Å²) in [7, 11) is -3.08. The molecule has 0 aromatic heterocycles. The lowest BCUT2D eigenvalue weighted by Gasteiger charge is -2.09. The lowest BCUT2D eigenvalue weighted by Crippen LogP contribution is -2.35. The van der Waals surface area contributed by atoms with Crippen molar-refractivity contribution in [2.45, 2.75) is 52.1 Å². The third-order valence-electron chi connectivity index (χ3n) is 2.84. The number of rotatable bonds is 8. The van der Waals surface area contributed by atoms with E-state index in [-0.39, 0.29) is 11.8 Å². The van der Waals surface area contributed by atoms with Crippen LogP contribution in [0.15, 0.2) is 0 Å². The molecule has 0 aromatic carbocycles. The third kappa shape index (κ3) is 5.27. The second kappa shape index (κ2) is 5.98. The molecule has 5 heteroatoms. The molecule has 0 radical (unpaired) electrons. The summed E-state index contributed by atoms with van der Waals surface area (Å²) in [6.07, 6.45) is 3.29. The first kappa shape index (κ1) is 13.9. The number of sulfonamides is 1. The van der Waals surface area contributed by atoms with Gasteiger partial charge in [-0.2, -0.15) is 0 Å². The van der Waals surface area contributed by atoms with Crippen molar-refractivity contribution in [2.24, 2.45) is 5.92 Å². The van der Waals surface area contributed by atoms with Crippen molar-refractivity contribution in [3.8, 4) is 0 Å². The summed E-state index contributed by atoms with van der Waals surface area (Å²) in [5, 5.41) is 3.11. The van der Waals surface area contributed by atoms with E-state index >= 15 is 0 Å². The minimum absolute atomic E-state index is 0.181. The van der Waals surface area contributed by atoms with E-state index in [1.807, 2.05) is 13.8 Å². The fraction of sp³-hybridized carbons (Fsp3) is 1.00. The maximum Gasteiger partial charge on any atom is 0.213 e. The van der Waals surface area contributed by atoms with Gasteiger partial charge < -0.3 is 5.32 Å². The summed E-state index contributed by atoms with van der Waals surface area (Å²) in [6, 6.07) is 0.549. The molecule has 0 aromatic rings. The third-order valence-corrected chi connectivity index (χ3v) is 4.24. The van der Waals surface area contributed by atoms with Crippen molar-refractivity contribution in [1.82, 2.24) is 10.0 Å². The van der Waals surface area contributed by atoms with Gasteiger partial charge in [0.05, 0.1) is 5.75 Å². The highest BCUT2D eigenvalue weighted by molar-refractivity contribution is 7.89. The molecule has 0 bridgehead atoms. The molecule has 2 atom stereocenters. The predicted molar refractivity (Wildman–Crippen MR) is 66.9 cm³/mol. The number of hydrogen-bond donors (Lipinski definition) is 2. The minimum atomic E-state index is -3.08. The summed E-state index contributed by atoms with van der Waals surface area (Å²) < 4.78 is 26.1. The Labute approximate surface area is 99.2 Å². The first-order chi connectivity index (χ1) is 7.44. The standard InChI is InChI=1S/C11H24N2O2S/c1-4-5-10-8-11(10)13-16(14,15)7-6-12-9(2)3/h9-13H,4-8H2,1-3H3. The Morgan fingerprint density at radius 1 is 1.38 bits per heavy atom. The van der Waals surface area contributed by atoms with E-state index in [1.165, 1.54) is 0 Å². The van der Waals surface area contributed by atoms with E-state index < -0.39 is 10.0 Å². The molecule has 1 aliphatic rings. The first-order valence-corrected chi connectivity index (χ1v) is 7.83. The van der Waals surface area contributed by atoms with Gasteiger partial charge in [0.15, 0.2) is 0 Å². The highest BCUT2D eigenvalue weighted by Gasteiger charge is 2.38. The molecule has 1 aliphatic carbocycles. The summed E-state index contributed by atoms with van der Waals surface area (Å²) in [6.45, 7) is 6.69. The monoisotopic (exact) mass is 248 g/mol. The van der Waals surface area contributed by atoms with Crippen LogP contribution in [0, 0.1) is 5.92 Å². The van der Waals surface area contributed by atoms with E-state index in [0.717, 1.165) is 19.3 Å². The molecule has 16 heavy (non-hydrogen) atoms. The van der Waals surface area contributed by atoms with Crippen LogP contribution in [0.2, 0.25) is 0 Å². The molecule has 0 saturated heterocycles. The van der Waals surface area contributed by atoms with Gasteiger partial charge in [-0.3, -0.25) is 0 Å². The number of nitrogens with one attached hydrogen (secondary N) is 2. The lowest BCUT2D eigenvalue weighted by atomic mass is 10.2. The van der Waals surface area contributed by atoms with Crippen LogP contribution in [0.5, 0.6) is 0 Å². The molecule has 2 unspecified atom stereocenters. The fourth-order valence-electron chi connectivity index (χ4n) is 1.85. The SMILES string of the molecule is CCCC1CC1NS(=O)(=O)CCNC(C)C. The maximum atomic E-state index is 11.7. The Kier molecular flexibility index (Phi) is 5.21. The molecule has 0 spiro atoms. The van der Waals surface area contributed by atoms with E-state index in [9.17, 15) is 8.42 Å². The molecule has 1 rings (SSSR count). The van der Waals surface area contributed by atoms with E-state index in [1.54, 1.807) is 0 Å². The van der Waals surface area contributed by atoms with Crippen molar-refractivity contribution < 1.29 is 8.42 Å². The summed E-state index contributed by atoms with van der Waals surface area (Å²) in [5.41, 5.74) is 0. The zero-order valence-corrected chi connectivity index (χ0v) is 11.3. The topological polar surface area (TPSA) is 58.2 Å². The van der Waals surface area contributed by atoms with Crippen LogP contribution < -0.4 is 10.0 Å². The molecule has 0 amide bonds. The Morgan fingerprint density at radius 3 is 2.62 bits per heavy atom. The van der Waals surface area contributed by atoms with Gasteiger partial charge in [-0.1, -0.05) is 27.2 Å². The van der Waals surface area contributed by atoms with E-state index in [4.69, 9.17) is 0 Å². The van der Waals surface area contributed by atoms with E-state index in [2.05, 4.69) is 17.0 Å². The molecule has 0 heterocycles. The van der Waals surface area contributed by atoms with Crippen molar-refractivity contribution in [1.29, 1.82) is 0 Å². The van der Waals surface area contributed by atoms with Gasteiger partial charge in [0.2, 0.25) is 10.0 Å². The lowest BCUT2D eigenvalue weighted by molar-refractivity contribution is 0.560. The summed E-state index contributed by atoms with van der Waals surface area (Å²) >= 11 is 0. The average Bonchev–Trinajstić information content (AvgIpc) is 2.81. The van der Waals surface area contributed by atoms with Crippen molar-refractivity contribution >= 4 is 10.0 Å². The molecule has 4 nitrogen and oxygen atoms in total. The zero-order chi connectivity index (χ0) is 12.2.